The highest BCUT2D eigenvalue weighted by Gasteiger charge is 2.17. The average Bonchev–Trinajstić information content (AvgIpc) is 2.41. The van der Waals surface area contributed by atoms with Crippen molar-refractivity contribution in [1.82, 2.24) is 15.5 Å². The van der Waals surface area contributed by atoms with E-state index in [1.807, 2.05) is 0 Å². The molecule has 0 spiro atoms. The third kappa shape index (κ3) is 6.81. The lowest BCUT2D eigenvalue weighted by Crippen LogP contribution is -2.45. The standard InChI is InChI=1S/C15H32N4/c1-4-6-10-17-15(16-5-2)18-11-13-19-12-8-7-9-14(19)3/h14H,4-13H2,1-3H3,(H2,16,17,18). The topological polar surface area (TPSA) is 39.7 Å². The number of unbranched alkanes of at least 4 members (excludes halogenated alkanes) is 1. The summed E-state index contributed by atoms with van der Waals surface area (Å²) in [4.78, 5) is 7.17. The van der Waals surface area contributed by atoms with Gasteiger partial charge in [0.25, 0.3) is 0 Å². The van der Waals surface area contributed by atoms with Crippen molar-refractivity contribution in [3.63, 3.8) is 0 Å². The molecular weight excluding hydrogens is 236 g/mol. The number of aliphatic imine (C=N–C) groups is 1. The van der Waals surface area contributed by atoms with E-state index in [9.17, 15) is 0 Å². The molecule has 4 heteroatoms. The van der Waals surface area contributed by atoms with Gasteiger partial charge in [-0.25, -0.2) is 0 Å². The molecule has 0 bridgehead atoms. The molecule has 1 rings (SSSR count). The first-order valence-corrected chi connectivity index (χ1v) is 8.04. The Morgan fingerprint density at radius 2 is 2.11 bits per heavy atom. The monoisotopic (exact) mass is 268 g/mol. The Morgan fingerprint density at radius 1 is 1.26 bits per heavy atom. The molecule has 1 unspecified atom stereocenters. The van der Waals surface area contributed by atoms with E-state index in [4.69, 9.17) is 0 Å². The molecule has 1 atom stereocenters. The normalized spacial score (nSPS) is 21.4. The van der Waals surface area contributed by atoms with E-state index in [1.54, 1.807) is 0 Å². The predicted octanol–water partition coefficient (Wildman–Crippen LogP) is 2.22. The van der Waals surface area contributed by atoms with Crippen LogP contribution in [-0.4, -0.2) is 49.6 Å². The fourth-order valence-corrected chi connectivity index (χ4v) is 2.50. The highest BCUT2D eigenvalue weighted by atomic mass is 15.2. The van der Waals surface area contributed by atoms with Crippen LogP contribution < -0.4 is 10.6 Å². The van der Waals surface area contributed by atoms with Gasteiger partial charge in [-0.15, -0.1) is 0 Å². The van der Waals surface area contributed by atoms with Gasteiger partial charge in [0, 0.05) is 32.2 Å². The van der Waals surface area contributed by atoms with Crippen molar-refractivity contribution in [2.24, 2.45) is 4.99 Å². The van der Waals surface area contributed by atoms with Crippen LogP contribution in [0.15, 0.2) is 4.99 Å². The molecular formula is C15H32N4. The fourth-order valence-electron chi connectivity index (χ4n) is 2.50. The Balaban J connectivity index is 2.24. The summed E-state index contributed by atoms with van der Waals surface area (Å²) in [6.45, 7) is 11.9. The van der Waals surface area contributed by atoms with Crippen LogP contribution in [0.1, 0.15) is 52.9 Å². The molecule has 0 aromatic carbocycles. The first-order valence-electron chi connectivity index (χ1n) is 8.04. The molecule has 0 radical (unpaired) electrons. The first kappa shape index (κ1) is 16.3. The largest absolute Gasteiger partial charge is 0.357 e. The van der Waals surface area contributed by atoms with Gasteiger partial charge in [0.05, 0.1) is 0 Å². The Kier molecular flexibility index (Phi) is 8.63. The van der Waals surface area contributed by atoms with Gasteiger partial charge in [-0.3, -0.25) is 9.89 Å². The minimum atomic E-state index is 0.746. The van der Waals surface area contributed by atoms with E-state index in [2.05, 4.69) is 41.3 Å². The zero-order valence-electron chi connectivity index (χ0n) is 13.0. The highest BCUT2D eigenvalue weighted by molar-refractivity contribution is 5.79. The van der Waals surface area contributed by atoms with Crippen LogP contribution >= 0.6 is 0 Å². The maximum atomic E-state index is 4.58. The van der Waals surface area contributed by atoms with E-state index >= 15 is 0 Å². The van der Waals surface area contributed by atoms with Crippen molar-refractivity contribution < 1.29 is 0 Å². The smallest absolute Gasteiger partial charge is 0.191 e. The van der Waals surface area contributed by atoms with Gasteiger partial charge in [-0.05, 0) is 39.7 Å². The van der Waals surface area contributed by atoms with Gasteiger partial charge in [-0.2, -0.15) is 0 Å². The SMILES string of the molecule is CCCCN=C(NCC)NCCN1CCCCC1C. The summed E-state index contributed by atoms with van der Waals surface area (Å²) >= 11 is 0. The van der Waals surface area contributed by atoms with Crippen molar-refractivity contribution in [2.75, 3.05) is 32.7 Å². The Bertz CT molecular complexity index is 253. The lowest BCUT2D eigenvalue weighted by molar-refractivity contribution is 0.163. The highest BCUT2D eigenvalue weighted by Crippen LogP contribution is 2.15. The summed E-state index contributed by atoms with van der Waals surface area (Å²) in [6, 6.07) is 0.746. The van der Waals surface area contributed by atoms with Crippen molar-refractivity contribution in [3.8, 4) is 0 Å². The second-order valence-corrected chi connectivity index (χ2v) is 5.42. The third-order valence-corrected chi connectivity index (χ3v) is 3.76. The van der Waals surface area contributed by atoms with E-state index in [0.29, 0.717) is 0 Å². The number of hydrogen-bond acceptors (Lipinski definition) is 2. The quantitative estimate of drug-likeness (QED) is 0.422. The molecule has 1 heterocycles. The summed E-state index contributed by atoms with van der Waals surface area (Å²) in [5.74, 6) is 0.973. The summed E-state index contributed by atoms with van der Waals surface area (Å²) in [6.07, 6.45) is 6.47. The third-order valence-electron chi connectivity index (χ3n) is 3.76. The summed E-state index contributed by atoms with van der Waals surface area (Å²) in [7, 11) is 0. The summed E-state index contributed by atoms with van der Waals surface area (Å²) in [5.41, 5.74) is 0. The molecule has 0 aliphatic carbocycles. The van der Waals surface area contributed by atoms with Crippen LogP contribution in [0.5, 0.6) is 0 Å². The van der Waals surface area contributed by atoms with Crippen molar-refractivity contribution in [2.45, 2.75) is 58.9 Å². The fraction of sp³-hybridized carbons (Fsp3) is 0.933. The lowest BCUT2D eigenvalue weighted by atomic mass is 10.0. The van der Waals surface area contributed by atoms with E-state index in [1.165, 1.54) is 38.6 Å². The van der Waals surface area contributed by atoms with E-state index in [-0.39, 0.29) is 0 Å². The molecule has 1 fully saturated rings. The van der Waals surface area contributed by atoms with Crippen LogP contribution in [0.2, 0.25) is 0 Å². The van der Waals surface area contributed by atoms with Gasteiger partial charge < -0.3 is 10.6 Å². The van der Waals surface area contributed by atoms with Crippen LogP contribution in [0, 0.1) is 0 Å². The summed E-state index contributed by atoms with van der Waals surface area (Å²) < 4.78 is 0. The van der Waals surface area contributed by atoms with Gasteiger partial charge in [0.1, 0.15) is 0 Å². The van der Waals surface area contributed by atoms with Crippen molar-refractivity contribution in [1.29, 1.82) is 0 Å². The maximum absolute atomic E-state index is 4.58. The number of piperidine rings is 1. The van der Waals surface area contributed by atoms with Crippen LogP contribution in [-0.2, 0) is 0 Å². The Hall–Kier alpha value is -0.770. The minimum Gasteiger partial charge on any atom is -0.357 e. The number of guanidine groups is 1. The molecule has 0 aromatic rings. The molecule has 1 saturated heterocycles. The van der Waals surface area contributed by atoms with Crippen molar-refractivity contribution in [3.05, 3.63) is 0 Å². The maximum Gasteiger partial charge on any atom is 0.191 e. The second-order valence-electron chi connectivity index (χ2n) is 5.42. The van der Waals surface area contributed by atoms with E-state index in [0.717, 1.165) is 38.2 Å². The van der Waals surface area contributed by atoms with Gasteiger partial charge in [-0.1, -0.05) is 19.8 Å². The number of rotatable bonds is 7. The predicted molar refractivity (Wildman–Crippen MR) is 83.8 cm³/mol. The lowest BCUT2D eigenvalue weighted by Gasteiger charge is -2.33. The molecule has 0 amide bonds. The molecule has 2 N–H and O–H groups in total. The number of nitrogens with one attached hydrogen (secondary N) is 2. The molecule has 1 aliphatic heterocycles. The zero-order chi connectivity index (χ0) is 13.9. The molecule has 112 valence electrons. The first-order chi connectivity index (χ1) is 9.27. The van der Waals surface area contributed by atoms with Crippen molar-refractivity contribution >= 4 is 5.96 Å². The van der Waals surface area contributed by atoms with Crippen LogP contribution in [0.3, 0.4) is 0 Å². The molecule has 4 nitrogen and oxygen atoms in total. The summed E-state index contributed by atoms with van der Waals surface area (Å²) in [5, 5.41) is 6.76. The number of nitrogens with zero attached hydrogens (tertiary/aromatic N) is 2. The second kappa shape index (κ2) is 10.1. The van der Waals surface area contributed by atoms with Crippen LogP contribution in [0.25, 0.3) is 0 Å². The molecule has 0 saturated carbocycles. The molecule has 1 aliphatic rings. The minimum absolute atomic E-state index is 0.746. The Labute approximate surface area is 119 Å². The Morgan fingerprint density at radius 3 is 2.79 bits per heavy atom. The van der Waals surface area contributed by atoms with Gasteiger partial charge >= 0.3 is 0 Å². The van der Waals surface area contributed by atoms with E-state index < -0.39 is 0 Å². The zero-order valence-corrected chi connectivity index (χ0v) is 13.0. The number of likely N-dealkylation sites (tertiary alicyclic amines) is 1. The molecule has 19 heavy (non-hydrogen) atoms. The van der Waals surface area contributed by atoms with Crippen LogP contribution in [0.4, 0.5) is 0 Å². The van der Waals surface area contributed by atoms with Gasteiger partial charge in [0.15, 0.2) is 5.96 Å². The van der Waals surface area contributed by atoms with Gasteiger partial charge in [0.2, 0.25) is 0 Å². The number of hydrogen-bond donors (Lipinski definition) is 2. The molecule has 0 aromatic heterocycles. The average molecular weight is 268 g/mol.